The molecule has 1 amide bonds. The van der Waals surface area contributed by atoms with E-state index >= 15 is 0 Å². The van der Waals surface area contributed by atoms with Crippen LogP contribution < -0.4 is 10.1 Å². The second-order valence-electron chi connectivity index (χ2n) is 5.30. The average Bonchev–Trinajstić information content (AvgIpc) is 3.19. The van der Waals surface area contributed by atoms with Crippen molar-refractivity contribution < 1.29 is 14.5 Å². The van der Waals surface area contributed by atoms with Crippen molar-refractivity contribution in [3.8, 4) is 5.75 Å². The largest absolute Gasteiger partial charge is 0.476 e. The zero-order valence-electron chi connectivity index (χ0n) is 13.6. The van der Waals surface area contributed by atoms with Crippen LogP contribution >= 0.6 is 11.3 Å². The van der Waals surface area contributed by atoms with E-state index in [1.54, 1.807) is 0 Å². The van der Waals surface area contributed by atoms with E-state index in [0.29, 0.717) is 0 Å². The minimum absolute atomic E-state index is 0.0416. The van der Waals surface area contributed by atoms with Gasteiger partial charge in [-0.05, 0) is 39.0 Å². The van der Waals surface area contributed by atoms with Crippen LogP contribution in [-0.2, 0) is 4.79 Å². The molecule has 2 heterocycles. The first-order chi connectivity index (χ1) is 12.6. The molecule has 1 aromatic carbocycles. The number of hydrogen-bond acceptors (Lipinski definition) is 6. The second-order valence-corrected chi connectivity index (χ2v) is 6.28. The summed E-state index contributed by atoms with van der Waals surface area (Å²) in [6, 6.07) is 16.0. The van der Waals surface area contributed by atoms with Gasteiger partial charge in [0.1, 0.15) is 6.20 Å². The van der Waals surface area contributed by atoms with Gasteiger partial charge in [0.2, 0.25) is 5.75 Å². The molecular formula is C18H15N3O4S. The van der Waals surface area contributed by atoms with E-state index in [0.717, 1.165) is 10.4 Å². The van der Waals surface area contributed by atoms with Gasteiger partial charge in [-0.1, -0.05) is 36.4 Å². The zero-order chi connectivity index (χ0) is 18.4. The van der Waals surface area contributed by atoms with E-state index in [2.05, 4.69) is 10.3 Å². The first-order valence-electron chi connectivity index (χ1n) is 7.75. The predicted octanol–water partition coefficient (Wildman–Crippen LogP) is 3.34. The lowest BCUT2D eigenvalue weighted by Gasteiger charge is -2.18. The van der Waals surface area contributed by atoms with E-state index in [1.165, 1.54) is 29.7 Å². The maximum atomic E-state index is 12.4. The van der Waals surface area contributed by atoms with Gasteiger partial charge in [0, 0.05) is 4.88 Å². The van der Waals surface area contributed by atoms with E-state index in [9.17, 15) is 14.9 Å². The van der Waals surface area contributed by atoms with Gasteiger partial charge in [-0.2, -0.15) is 0 Å². The Kier molecular flexibility index (Phi) is 5.55. The molecule has 8 heteroatoms. The molecule has 0 saturated carbocycles. The Balaban J connectivity index is 1.71. The van der Waals surface area contributed by atoms with E-state index in [-0.39, 0.29) is 24.3 Å². The summed E-state index contributed by atoms with van der Waals surface area (Å²) in [5.74, 6) is -0.844. The Morgan fingerprint density at radius 2 is 2.00 bits per heavy atom. The molecule has 1 atom stereocenters. The van der Waals surface area contributed by atoms with Crippen molar-refractivity contribution >= 4 is 23.1 Å². The highest BCUT2D eigenvalue weighted by atomic mass is 32.1. The van der Waals surface area contributed by atoms with Gasteiger partial charge >= 0.3 is 5.82 Å². The summed E-state index contributed by atoms with van der Waals surface area (Å²) in [5.41, 5.74) is 0.940. The Labute approximate surface area is 153 Å². The van der Waals surface area contributed by atoms with Gasteiger partial charge < -0.3 is 20.2 Å². The van der Waals surface area contributed by atoms with Gasteiger partial charge in [0.25, 0.3) is 5.91 Å². The van der Waals surface area contributed by atoms with E-state index < -0.39 is 10.7 Å². The van der Waals surface area contributed by atoms with Gasteiger partial charge in [0.05, 0.1) is 6.04 Å². The summed E-state index contributed by atoms with van der Waals surface area (Å²) >= 11 is 1.53. The number of thiophene rings is 1. The molecule has 2 aromatic heterocycles. The molecule has 26 heavy (non-hydrogen) atoms. The van der Waals surface area contributed by atoms with Crippen LogP contribution in [-0.4, -0.2) is 22.4 Å². The quantitative estimate of drug-likeness (QED) is 0.509. The lowest BCUT2D eigenvalue weighted by molar-refractivity contribution is -0.390. The first kappa shape index (κ1) is 17.6. The van der Waals surface area contributed by atoms with Gasteiger partial charge in [-0.15, -0.1) is 11.3 Å². The molecular weight excluding hydrogens is 354 g/mol. The number of nitrogens with zero attached hydrogens (tertiary/aromatic N) is 2. The number of pyridine rings is 1. The van der Waals surface area contributed by atoms with Crippen LogP contribution in [0.15, 0.2) is 66.2 Å². The third-order valence-electron chi connectivity index (χ3n) is 3.55. The smallest absolute Gasteiger partial charge is 0.406 e. The molecule has 132 valence electrons. The molecule has 0 aliphatic carbocycles. The monoisotopic (exact) mass is 369 g/mol. The topological polar surface area (TPSA) is 94.4 Å². The first-order valence-corrected chi connectivity index (χ1v) is 8.63. The highest BCUT2D eigenvalue weighted by molar-refractivity contribution is 7.10. The van der Waals surface area contributed by atoms with Gasteiger partial charge in [0.15, 0.2) is 6.61 Å². The molecule has 7 nitrogen and oxygen atoms in total. The second kappa shape index (κ2) is 8.21. The fourth-order valence-electron chi connectivity index (χ4n) is 2.40. The molecule has 1 N–H and O–H groups in total. The van der Waals surface area contributed by atoms with Crippen LogP contribution in [0, 0.1) is 10.1 Å². The lowest BCUT2D eigenvalue weighted by atomic mass is 10.1. The van der Waals surface area contributed by atoms with Crippen molar-refractivity contribution in [1.29, 1.82) is 0 Å². The Hall–Kier alpha value is -3.26. The van der Waals surface area contributed by atoms with Crippen molar-refractivity contribution in [3.63, 3.8) is 0 Å². The molecule has 0 radical (unpaired) electrons. The Morgan fingerprint density at radius 3 is 2.69 bits per heavy atom. The van der Waals surface area contributed by atoms with Crippen LogP contribution in [0.25, 0.3) is 0 Å². The fourth-order valence-corrected chi connectivity index (χ4v) is 3.20. The van der Waals surface area contributed by atoms with Crippen molar-refractivity contribution in [2.24, 2.45) is 0 Å². The van der Waals surface area contributed by atoms with Crippen LogP contribution in [0.1, 0.15) is 16.5 Å². The van der Waals surface area contributed by atoms with Crippen LogP contribution in [0.3, 0.4) is 0 Å². The summed E-state index contributed by atoms with van der Waals surface area (Å²) in [6.45, 7) is -0.346. The number of rotatable bonds is 7. The van der Waals surface area contributed by atoms with Crippen LogP contribution in [0.2, 0.25) is 0 Å². The SMILES string of the molecule is O=C(COc1cccnc1[N+](=O)[O-])N[C@H](c1ccccc1)c1cccs1. The molecule has 0 aliphatic rings. The number of hydrogen-bond donors (Lipinski definition) is 1. The summed E-state index contributed by atoms with van der Waals surface area (Å²) in [4.78, 5) is 27.3. The number of benzene rings is 1. The fraction of sp³-hybridized carbons (Fsp3) is 0.111. The standard InChI is InChI=1S/C18H15N3O4S/c22-16(12-25-14-8-4-10-19-18(14)21(23)24)20-17(15-9-5-11-26-15)13-6-2-1-3-7-13/h1-11,17H,12H2,(H,20,22)/t17-/m1/s1. The molecule has 3 rings (SSSR count). The summed E-state index contributed by atoms with van der Waals surface area (Å²) < 4.78 is 5.30. The van der Waals surface area contributed by atoms with Crippen LogP contribution in [0.5, 0.6) is 5.75 Å². The molecule has 0 spiro atoms. The minimum Gasteiger partial charge on any atom is -0.476 e. The zero-order valence-corrected chi connectivity index (χ0v) is 14.4. The molecule has 0 unspecified atom stereocenters. The predicted molar refractivity (Wildman–Crippen MR) is 97.1 cm³/mol. The highest BCUT2D eigenvalue weighted by Gasteiger charge is 2.20. The molecule has 0 aliphatic heterocycles. The highest BCUT2D eigenvalue weighted by Crippen LogP contribution is 2.26. The molecule has 0 bridgehead atoms. The third kappa shape index (κ3) is 4.22. The van der Waals surface area contributed by atoms with Crippen molar-refractivity contribution in [3.05, 3.63) is 86.7 Å². The summed E-state index contributed by atoms with van der Waals surface area (Å²) in [6.07, 6.45) is 1.30. The molecule has 3 aromatic rings. The maximum absolute atomic E-state index is 12.4. The van der Waals surface area contributed by atoms with Crippen molar-refractivity contribution in [2.75, 3.05) is 6.61 Å². The number of carbonyl (C=O) groups excluding carboxylic acids is 1. The lowest BCUT2D eigenvalue weighted by Crippen LogP contribution is -2.33. The number of carbonyl (C=O) groups is 1. The normalized spacial score (nSPS) is 11.5. The van der Waals surface area contributed by atoms with E-state index in [4.69, 9.17) is 4.74 Å². The number of nitro groups is 1. The molecule has 0 fully saturated rings. The number of nitrogens with one attached hydrogen (secondary N) is 1. The number of ether oxygens (including phenoxy) is 1. The third-order valence-corrected chi connectivity index (χ3v) is 4.49. The Morgan fingerprint density at radius 1 is 1.19 bits per heavy atom. The number of amides is 1. The minimum atomic E-state index is -0.647. The van der Waals surface area contributed by atoms with Crippen LogP contribution in [0.4, 0.5) is 5.82 Å². The van der Waals surface area contributed by atoms with Crippen molar-refractivity contribution in [2.45, 2.75) is 6.04 Å². The maximum Gasteiger partial charge on any atom is 0.406 e. The average molecular weight is 369 g/mol. The summed E-state index contributed by atoms with van der Waals surface area (Å²) in [7, 11) is 0. The Bertz CT molecular complexity index is 884. The van der Waals surface area contributed by atoms with Gasteiger partial charge in [-0.25, -0.2) is 0 Å². The summed E-state index contributed by atoms with van der Waals surface area (Å²) in [5, 5.41) is 15.8. The van der Waals surface area contributed by atoms with E-state index in [1.807, 2.05) is 47.8 Å². The van der Waals surface area contributed by atoms with Gasteiger partial charge in [-0.3, -0.25) is 4.79 Å². The number of aromatic nitrogens is 1. The van der Waals surface area contributed by atoms with Crippen molar-refractivity contribution in [1.82, 2.24) is 10.3 Å². The molecule has 0 saturated heterocycles.